The second-order valence-electron chi connectivity index (χ2n) is 3.38. The van der Waals surface area contributed by atoms with E-state index in [0.717, 1.165) is 12.2 Å². The zero-order valence-electron chi connectivity index (χ0n) is 9.44. The van der Waals surface area contributed by atoms with Gasteiger partial charge < -0.3 is 14.8 Å². The van der Waals surface area contributed by atoms with Crippen molar-refractivity contribution < 1.29 is 14.3 Å². The molecule has 88 valence electrons. The van der Waals surface area contributed by atoms with Crippen LogP contribution in [0.25, 0.3) is 0 Å². The monoisotopic (exact) mass is 223 g/mol. The van der Waals surface area contributed by atoms with E-state index in [1.165, 1.54) is 5.56 Å². The predicted molar refractivity (Wildman–Crippen MR) is 62.5 cm³/mol. The molecule has 1 aromatic rings. The first-order valence-corrected chi connectivity index (χ1v) is 5.26. The van der Waals surface area contributed by atoms with Gasteiger partial charge in [-0.15, -0.1) is 0 Å². The van der Waals surface area contributed by atoms with Crippen LogP contribution in [0.4, 0.5) is 5.69 Å². The number of rotatable bonds is 8. The van der Waals surface area contributed by atoms with Crippen molar-refractivity contribution in [2.24, 2.45) is 0 Å². The van der Waals surface area contributed by atoms with Crippen LogP contribution in [0.15, 0.2) is 24.3 Å². The number of anilines is 1. The number of carbonyl (C=O) groups is 1. The lowest BCUT2D eigenvalue weighted by Gasteiger charge is -2.07. The molecular weight excluding hydrogens is 206 g/mol. The summed E-state index contributed by atoms with van der Waals surface area (Å²) in [5, 5.41) is 3.24. The molecule has 4 heteroatoms. The molecule has 0 atom stereocenters. The Hall–Kier alpha value is -1.55. The summed E-state index contributed by atoms with van der Waals surface area (Å²) in [5.74, 6) is 0. The maximum Gasteiger partial charge on any atom is 0.293 e. The van der Waals surface area contributed by atoms with Crippen LogP contribution in [-0.2, 0) is 14.3 Å². The Morgan fingerprint density at radius 2 is 2.19 bits per heavy atom. The van der Waals surface area contributed by atoms with Gasteiger partial charge in [-0.3, -0.25) is 4.79 Å². The van der Waals surface area contributed by atoms with E-state index in [1.807, 2.05) is 12.1 Å². The van der Waals surface area contributed by atoms with Gasteiger partial charge in [-0.2, -0.15) is 0 Å². The normalized spacial score (nSPS) is 9.81. The van der Waals surface area contributed by atoms with E-state index in [-0.39, 0.29) is 0 Å². The largest absolute Gasteiger partial charge is 0.465 e. The van der Waals surface area contributed by atoms with Gasteiger partial charge in [0.2, 0.25) is 0 Å². The van der Waals surface area contributed by atoms with Gasteiger partial charge in [-0.1, -0.05) is 12.1 Å². The SMILES string of the molecule is Cc1cccc(NCCOCCOC=O)c1. The summed E-state index contributed by atoms with van der Waals surface area (Å²) in [7, 11) is 0. The zero-order chi connectivity index (χ0) is 11.6. The Labute approximate surface area is 95.6 Å². The maximum atomic E-state index is 9.82. The summed E-state index contributed by atoms with van der Waals surface area (Å²) in [5.41, 5.74) is 2.32. The third-order valence-corrected chi connectivity index (χ3v) is 2.01. The Morgan fingerprint density at radius 1 is 1.31 bits per heavy atom. The number of carbonyl (C=O) groups excluding carboxylic acids is 1. The van der Waals surface area contributed by atoms with E-state index < -0.39 is 0 Å². The highest BCUT2D eigenvalue weighted by Gasteiger charge is 1.92. The standard InChI is InChI=1S/C12H17NO3/c1-11-3-2-4-12(9-11)13-5-6-15-7-8-16-10-14/h2-4,9-10,13H,5-8H2,1H3. The van der Waals surface area contributed by atoms with Gasteiger partial charge in [-0.25, -0.2) is 0 Å². The highest BCUT2D eigenvalue weighted by atomic mass is 16.5. The minimum Gasteiger partial charge on any atom is -0.465 e. The summed E-state index contributed by atoms with van der Waals surface area (Å²) in [6.45, 7) is 4.57. The predicted octanol–water partition coefficient (Wildman–Crippen LogP) is 1.60. The molecule has 0 aromatic heterocycles. The lowest BCUT2D eigenvalue weighted by Crippen LogP contribution is -2.12. The molecule has 1 N–H and O–H groups in total. The van der Waals surface area contributed by atoms with Gasteiger partial charge in [-0.05, 0) is 24.6 Å². The lowest BCUT2D eigenvalue weighted by atomic mass is 10.2. The van der Waals surface area contributed by atoms with Crippen LogP contribution in [0.2, 0.25) is 0 Å². The maximum absolute atomic E-state index is 9.82. The molecule has 0 aliphatic carbocycles. The molecule has 0 aliphatic heterocycles. The van der Waals surface area contributed by atoms with Gasteiger partial charge in [0.05, 0.1) is 13.2 Å². The van der Waals surface area contributed by atoms with Crippen molar-refractivity contribution in [1.29, 1.82) is 0 Å². The first-order valence-electron chi connectivity index (χ1n) is 5.26. The van der Waals surface area contributed by atoms with Crippen molar-refractivity contribution in [1.82, 2.24) is 0 Å². The molecule has 0 unspecified atom stereocenters. The van der Waals surface area contributed by atoms with Crippen molar-refractivity contribution in [2.75, 3.05) is 31.7 Å². The minimum atomic E-state index is 0.313. The summed E-state index contributed by atoms with van der Waals surface area (Å²) >= 11 is 0. The molecule has 0 heterocycles. The Bertz CT molecular complexity index is 315. The average molecular weight is 223 g/mol. The van der Waals surface area contributed by atoms with Crippen molar-refractivity contribution in [3.63, 3.8) is 0 Å². The topological polar surface area (TPSA) is 47.6 Å². The average Bonchev–Trinajstić information content (AvgIpc) is 2.28. The third-order valence-electron chi connectivity index (χ3n) is 2.01. The smallest absolute Gasteiger partial charge is 0.293 e. The highest BCUT2D eigenvalue weighted by Crippen LogP contribution is 2.08. The Morgan fingerprint density at radius 3 is 2.94 bits per heavy atom. The molecular formula is C12H17NO3. The highest BCUT2D eigenvalue weighted by molar-refractivity contribution is 5.45. The second kappa shape index (κ2) is 7.70. The fraction of sp³-hybridized carbons (Fsp3) is 0.417. The van der Waals surface area contributed by atoms with Crippen molar-refractivity contribution >= 4 is 12.2 Å². The third kappa shape index (κ3) is 5.36. The fourth-order valence-corrected chi connectivity index (χ4v) is 1.28. The second-order valence-corrected chi connectivity index (χ2v) is 3.38. The van der Waals surface area contributed by atoms with E-state index in [9.17, 15) is 4.79 Å². The van der Waals surface area contributed by atoms with Gasteiger partial charge in [0, 0.05) is 12.2 Å². The molecule has 0 amide bonds. The molecule has 16 heavy (non-hydrogen) atoms. The number of hydrogen-bond donors (Lipinski definition) is 1. The lowest BCUT2D eigenvalue weighted by molar-refractivity contribution is -0.130. The number of benzene rings is 1. The molecule has 0 saturated heterocycles. The first-order chi connectivity index (χ1) is 7.83. The summed E-state index contributed by atoms with van der Waals surface area (Å²) in [4.78, 5) is 9.82. The first kappa shape index (κ1) is 12.5. The number of nitrogens with one attached hydrogen (secondary N) is 1. The van der Waals surface area contributed by atoms with Crippen LogP contribution in [0, 0.1) is 6.92 Å². The van der Waals surface area contributed by atoms with Crippen LogP contribution in [-0.4, -0.2) is 32.8 Å². The van der Waals surface area contributed by atoms with Crippen LogP contribution >= 0.6 is 0 Å². The number of hydrogen-bond acceptors (Lipinski definition) is 4. The summed E-state index contributed by atoms with van der Waals surface area (Å²) in [6.07, 6.45) is 0. The van der Waals surface area contributed by atoms with Crippen molar-refractivity contribution in [2.45, 2.75) is 6.92 Å². The van der Waals surface area contributed by atoms with Crippen molar-refractivity contribution in [3.05, 3.63) is 29.8 Å². The van der Waals surface area contributed by atoms with Crippen LogP contribution < -0.4 is 5.32 Å². The Balaban J connectivity index is 2.05. The van der Waals surface area contributed by atoms with Crippen LogP contribution in [0.5, 0.6) is 0 Å². The number of ether oxygens (including phenoxy) is 2. The van der Waals surface area contributed by atoms with Crippen LogP contribution in [0.1, 0.15) is 5.56 Å². The van der Waals surface area contributed by atoms with E-state index >= 15 is 0 Å². The molecule has 4 nitrogen and oxygen atoms in total. The fourth-order valence-electron chi connectivity index (χ4n) is 1.28. The van der Waals surface area contributed by atoms with Gasteiger partial charge in [0.1, 0.15) is 6.61 Å². The molecule has 0 spiro atoms. The van der Waals surface area contributed by atoms with Gasteiger partial charge >= 0.3 is 0 Å². The molecule has 0 fully saturated rings. The van der Waals surface area contributed by atoms with Crippen molar-refractivity contribution in [3.8, 4) is 0 Å². The minimum absolute atomic E-state index is 0.313. The molecule has 0 bridgehead atoms. The van der Waals surface area contributed by atoms with Crippen LogP contribution in [0.3, 0.4) is 0 Å². The molecule has 0 aliphatic rings. The van der Waals surface area contributed by atoms with E-state index in [1.54, 1.807) is 0 Å². The number of aryl methyl sites for hydroxylation is 1. The summed E-state index contributed by atoms with van der Waals surface area (Å²) < 4.78 is 9.73. The molecule has 1 aromatic carbocycles. The summed E-state index contributed by atoms with van der Waals surface area (Å²) in [6, 6.07) is 8.16. The van der Waals surface area contributed by atoms with E-state index in [4.69, 9.17) is 4.74 Å². The Kier molecular flexibility index (Phi) is 6.03. The quantitative estimate of drug-likeness (QED) is 0.537. The van der Waals surface area contributed by atoms with Gasteiger partial charge in [0.15, 0.2) is 0 Å². The molecule has 1 rings (SSSR count). The molecule has 0 saturated carbocycles. The zero-order valence-corrected chi connectivity index (χ0v) is 9.44. The molecule has 0 radical (unpaired) electrons. The van der Waals surface area contributed by atoms with Gasteiger partial charge in [0.25, 0.3) is 6.47 Å². The van der Waals surface area contributed by atoms with E-state index in [2.05, 4.69) is 29.1 Å². The van der Waals surface area contributed by atoms with E-state index in [0.29, 0.717) is 26.3 Å².